The summed E-state index contributed by atoms with van der Waals surface area (Å²) in [6, 6.07) is 58.2. The van der Waals surface area contributed by atoms with Crippen LogP contribution in [0.5, 0.6) is 11.5 Å². The maximum Gasteiger partial charge on any atom is 0.132 e. The van der Waals surface area contributed by atoms with Gasteiger partial charge in [0.25, 0.3) is 0 Å². The lowest BCUT2D eigenvalue weighted by Crippen LogP contribution is -2.32. The molecule has 7 aromatic rings. The predicted molar refractivity (Wildman–Crippen MR) is 191 cm³/mol. The van der Waals surface area contributed by atoms with Crippen LogP contribution < -0.4 is 4.74 Å². The molecular weight excluding hydrogens is 569 g/mol. The summed E-state index contributed by atoms with van der Waals surface area (Å²) >= 11 is 0. The fraction of sp³-hybridized carbons (Fsp3) is 0.0870. The fourth-order valence-corrected chi connectivity index (χ4v) is 9.08. The molecule has 1 heteroatoms. The van der Waals surface area contributed by atoms with Crippen molar-refractivity contribution in [2.45, 2.75) is 24.7 Å². The summed E-state index contributed by atoms with van der Waals surface area (Å²) in [6.07, 6.45) is 0. The minimum atomic E-state index is -0.454. The second-order valence-electron chi connectivity index (χ2n) is 13.4. The number of ether oxygens (including phenoxy) is 1. The first-order valence-electron chi connectivity index (χ1n) is 16.5. The largest absolute Gasteiger partial charge is 0.457 e. The molecule has 7 aromatic carbocycles. The molecule has 0 aromatic heterocycles. The van der Waals surface area contributed by atoms with E-state index in [9.17, 15) is 0 Å². The first-order valence-corrected chi connectivity index (χ1v) is 16.5. The standard InChI is InChI=1S/C46H32O/c1-29-13-11-14-31(27-29)45(2)36-19-6-5-17-35(36)44-32(18-12-23-41(44)45)30-25-26-40-43(28-30)47-42-24-10-9-22-39(42)46(40)37-20-7-3-15-33(37)34-16-4-8-21-38(34)46/h3-28H,1-2H3. The summed E-state index contributed by atoms with van der Waals surface area (Å²) in [5.74, 6) is 1.83. The lowest BCUT2D eigenvalue weighted by Gasteiger charge is -2.39. The van der Waals surface area contributed by atoms with Gasteiger partial charge in [-0.15, -0.1) is 0 Å². The van der Waals surface area contributed by atoms with E-state index in [2.05, 4.69) is 172 Å². The van der Waals surface area contributed by atoms with Gasteiger partial charge in [0, 0.05) is 16.5 Å². The average Bonchev–Trinajstić information content (AvgIpc) is 3.56. The molecule has 1 heterocycles. The lowest BCUT2D eigenvalue weighted by atomic mass is 9.66. The molecule has 0 amide bonds. The SMILES string of the molecule is Cc1cccc(C2(C)c3ccccc3-c3c(-c4ccc5c(c4)Oc4ccccc4C54c5ccccc5-c5ccccc54)cccc32)c1. The summed E-state index contributed by atoms with van der Waals surface area (Å²) in [5.41, 5.74) is 17.2. The average molecular weight is 601 g/mol. The molecule has 10 rings (SSSR count). The van der Waals surface area contributed by atoms with Crippen LogP contribution in [0.3, 0.4) is 0 Å². The maximum atomic E-state index is 6.87. The van der Waals surface area contributed by atoms with E-state index >= 15 is 0 Å². The fourth-order valence-electron chi connectivity index (χ4n) is 9.08. The molecule has 1 unspecified atom stereocenters. The van der Waals surface area contributed by atoms with Crippen LogP contribution in [0.4, 0.5) is 0 Å². The summed E-state index contributed by atoms with van der Waals surface area (Å²) in [6.45, 7) is 4.58. The smallest absolute Gasteiger partial charge is 0.132 e. The van der Waals surface area contributed by atoms with Gasteiger partial charge in [-0.05, 0) is 87.2 Å². The van der Waals surface area contributed by atoms with E-state index in [1.807, 2.05) is 0 Å². The van der Waals surface area contributed by atoms with Gasteiger partial charge in [0.1, 0.15) is 11.5 Å². The molecule has 0 saturated carbocycles. The van der Waals surface area contributed by atoms with Crippen LogP contribution in [-0.4, -0.2) is 0 Å². The third kappa shape index (κ3) is 3.34. The summed E-state index contributed by atoms with van der Waals surface area (Å²) in [5, 5.41) is 0. The van der Waals surface area contributed by atoms with E-state index < -0.39 is 5.41 Å². The van der Waals surface area contributed by atoms with Crippen LogP contribution in [0.1, 0.15) is 51.4 Å². The van der Waals surface area contributed by atoms with Crippen molar-refractivity contribution in [3.8, 4) is 44.9 Å². The van der Waals surface area contributed by atoms with Crippen molar-refractivity contribution in [2.24, 2.45) is 0 Å². The van der Waals surface area contributed by atoms with Crippen LogP contribution in [0.25, 0.3) is 33.4 Å². The quantitative estimate of drug-likeness (QED) is 0.192. The monoisotopic (exact) mass is 600 g/mol. The summed E-state index contributed by atoms with van der Waals surface area (Å²) < 4.78 is 6.87. The molecule has 1 atom stereocenters. The summed E-state index contributed by atoms with van der Waals surface area (Å²) in [4.78, 5) is 0. The maximum absolute atomic E-state index is 6.87. The van der Waals surface area contributed by atoms with Crippen molar-refractivity contribution in [1.82, 2.24) is 0 Å². The minimum Gasteiger partial charge on any atom is -0.457 e. The zero-order chi connectivity index (χ0) is 31.3. The summed E-state index contributed by atoms with van der Waals surface area (Å²) in [7, 11) is 0. The van der Waals surface area contributed by atoms with Gasteiger partial charge in [0.05, 0.1) is 5.41 Å². The highest BCUT2D eigenvalue weighted by Crippen LogP contribution is 2.62. The van der Waals surface area contributed by atoms with Crippen molar-refractivity contribution in [3.63, 3.8) is 0 Å². The van der Waals surface area contributed by atoms with E-state index in [4.69, 9.17) is 4.74 Å². The molecule has 2 aliphatic carbocycles. The molecule has 0 fully saturated rings. The van der Waals surface area contributed by atoms with Gasteiger partial charge < -0.3 is 4.74 Å². The molecule has 0 N–H and O–H groups in total. The van der Waals surface area contributed by atoms with Crippen LogP contribution in [0, 0.1) is 6.92 Å². The molecule has 0 radical (unpaired) electrons. The van der Waals surface area contributed by atoms with Crippen LogP contribution >= 0.6 is 0 Å². The highest BCUT2D eigenvalue weighted by Gasteiger charge is 2.51. The Hall–Kier alpha value is -5.66. The Bertz CT molecular complexity index is 2380. The number of hydrogen-bond donors (Lipinski definition) is 0. The van der Waals surface area contributed by atoms with E-state index in [0.717, 1.165) is 17.1 Å². The molecule has 222 valence electrons. The molecule has 1 nitrogen and oxygen atoms in total. The third-order valence-corrected chi connectivity index (χ3v) is 11.1. The Labute approximate surface area is 275 Å². The van der Waals surface area contributed by atoms with E-state index in [1.165, 1.54) is 72.3 Å². The molecule has 0 bridgehead atoms. The minimum absolute atomic E-state index is 0.251. The zero-order valence-corrected chi connectivity index (χ0v) is 26.4. The van der Waals surface area contributed by atoms with Crippen molar-refractivity contribution in [3.05, 3.63) is 202 Å². The van der Waals surface area contributed by atoms with Gasteiger partial charge in [0.2, 0.25) is 0 Å². The van der Waals surface area contributed by atoms with Crippen LogP contribution in [0.15, 0.2) is 158 Å². The van der Waals surface area contributed by atoms with Crippen molar-refractivity contribution in [2.75, 3.05) is 0 Å². The molecule has 47 heavy (non-hydrogen) atoms. The van der Waals surface area contributed by atoms with Gasteiger partial charge in [-0.25, -0.2) is 0 Å². The second kappa shape index (κ2) is 9.44. The predicted octanol–water partition coefficient (Wildman–Crippen LogP) is 11.5. The van der Waals surface area contributed by atoms with E-state index in [1.54, 1.807) is 0 Å². The van der Waals surface area contributed by atoms with Gasteiger partial charge in [-0.2, -0.15) is 0 Å². The Balaban J connectivity index is 1.23. The second-order valence-corrected chi connectivity index (χ2v) is 13.4. The van der Waals surface area contributed by atoms with Gasteiger partial charge in [0.15, 0.2) is 0 Å². The first-order chi connectivity index (χ1) is 23.1. The highest BCUT2D eigenvalue weighted by molar-refractivity contribution is 5.95. The van der Waals surface area contributed by atoms with Crippen molar-refractivity contribution >= 4 is 0 Å². The highest BCUT2D eigenvalue weighted by atomic mass is 16.5. The van der Waals surface area contributed by atoms with Crippen LogP contribution in [-0.2, 0) is 10.8 Å². The first kappa shape index (κ1) is 26.5. The number of aryl methyl sites for hydroxylation is 1. The molecular formula is C46H32O. The topological polar surface area (TPSA) is 9.23 Å². The van der Waals surface area contributed by atoms with Gasteiger partial charge in [-0.1, -0.05) is 151 Å². The molecule has 1 aliphatic heterocycles. The number of para-hydroxylation sites is 1. The van der Waals surface area contributed by atoms with Crippen molar-refractivity contribution < 1.29 is 4.74 Å². The molecule has 0 saturated heterocycles. The zero-order valence-electron chi connectivity index (χ0n) is 26.4. The molecule has 1 spiro atoms. The number of rotatable bonds is 2. The Morgan fingerprint density at radius 2 is 1.00 bits per heavy atom. The number of hydrogen-bond acceptors (Lipinski definition) is 1. The Morgan fingerprint density at radius 1 is 0.426 bits per heavy atom. The normalized spacial score (nSPS) is 17.1. The van der Waals surface area contributed by atoms with Crippen LogP contribution in [0.2, 0.25) is 0 Å². The molecule has 3 aliphatic rings. The third-order valence-electron chi connectivity index (χ3n) is 11.1. The van der Waals surface area contributed by atoms with Crippen molar-refractivity contribution in [1.29, 1.82) is 0 Å². The van der Waals surface area contributed by atoms with Gasteiger partial charge in [-0.3, -0.25) is 0 Å². The lowest BCUT2D eigenvalue weighted by molar-refractivity contribution is 0.436. The van der Waals surface area contributed by atoms with Gasteiger partial charge >= 0.3 is 0 Å². The Morgan fingerprint density at radius 3 is 1.74 bits per heavy atom. The number of fused-ring (bicyclic) bond motifs is 12. The van der Waals surface area contributed by atoms with E-state index in [-0.39, 0.29) is 5.41 Å². The number of benzene rings is 7. The Kier molecular flexibility index (Phi) is 5.33. The van der Waals surface area contributed by atoms with E-state index in [0.29, 0.717) is 0 Å².